The first-order chi connectivity index (χ1) is 9.02. The number of carboxylic acid groups (broad SMARTS) is 1. The number of halogens is 1. The normalized spacial score (nSPS) is 10.5. The summed E-state index contributed by atoms with van der Waals surface area (Å²) in [4.78, 5) is 10.7. The Morgan fingerprint density at radius 3 is 2.84 bits per heavy atom. The number of methoxy groups -OCH3 is 1. The minimum atomic E-state index is -0.973. The van der Waals surface area contributed by atoms with E-state index in [1.807, 2.05) is 0 Å². The molecule has 0 radical (unpaired) electrons. The third kappa shape index (κ3) is 2.57. The van der Waals surface area contributed by atoms with Crippen LogP contribution in [0.15, 0.2) is 24.4 Å². The lowest BCUT2D eigenvalue weighted by atomic mass is 10.1. The number of ether oxygens (including phenoxy) is 1. The van der Waals surface area contributed by atoms with Crippen molar-refractivity contribution in [2.45, 2.75) is 13.5 Å². The second kappa shape index (κ2) is 5.09. The highest BCUT2D eigenvalue weighted by atomic mass is 19.1. The third-order valence-electron chi connectivity index (χ3n) is 2.85. The standard InChI is InChI=1S/C13H13FN2O3/c1-8-10(6-15-16(8)7-13(17)18)9-3-4-12(19-2)11(14)5-9/h3-6H,7H2,1-2H3,(H,17,18). The molecular formula is C13H13FN2O3. The molecule has 0 aliphatic carbocycles. The highest BCUT2D eigenvalue weighted by molar-refractivity contribution is 5.69. The number of benzene rings is 1. The fraction of sp³-hybridized carbons (Fsp3) is 0.231. The van der Waals surface area contributed by atoms with Crippen LogP contribution in [0.5, 0.6) is 5.75 Å². The maximum Gasteiger partial charge on any atom is 0.325 e. The van der Waals surface area contributed by atoms with E-state index >= 15 is 0 Å². The molecule has 1 aromatic heterocycles. The maximum absolute atomic E-state index is 13.6. The Balaban J connectivity index is 2.39. The number of aromatic nitrogens is 2. The summed E-state index contributed by atoms with van der Waals surface area (Å²) in [5.41, 5.74) is 2.00. The molecule has 5 nitrogen and oxygen atoms in total. The number of carboxylic acids is 1. The van der Waals surface area contributed by atoms with E-state index in [0.29, 0.717) is 16.8 Å². The van der Waals surface area contributed by atoms with Crippen LogP contribution in [0, 0.1) is 12.7 Å². The van der Waals surface area contributed by atoms with Crippen LogP contribution in [0.2, 0.25) is 0 Å². The zero-order chi connectivity index (χ0) is 14.0. The molecule has 0 aliphatic heterocycles. The van der Waals surface area contributed by atoms with Crippen molar-refractivity contribution >= 4 is 5.97 Å². The Kier molecular flexibility index (Phi) is 3.50. The molecule has 100 valence electrons. The second-order valence-corrected chi connectivity index (χ2v) is 4.04. The molecule has 0 unspecified atom stereocenters. The summed E-state index contributed by atoms with van der Waals surface area (Å²) in [5, 5.41) is 12.7. The molecule has 0 aliphatic rings. The van der Waals surface area contributed by atoms with Crippen molar-refractivity contribution in [3.63, 3.8) is 0 Å². The van der Waals surface area contributed by atoms with E-state index in [2.05, 4.69) is 5.10 Å². The van der Waals surface area contributed by atoms with Crippen molar-refractivity contribution in [1.29, 1.82) is 0 Å². The van der Waals surface area contributed by atoms with E-state index in [0.717, 1.165) is 0 Å². The van der Waals surface area contributed by atoms with E-state index in [1.54, 1.807) is 13.0 Å². The van der Waals surface area contributed by atoms with Gasteiger partial charge in [0.05, 0.1) is 13.3 Å². The summed E-state index contributed by atoms with van der Waals surface area (Å²) in [5.74, 6) is -1.27. The van der Waals surface area contributed by atoms with Crippen LogP contribution in [0.3, 0.4) is 0 Å². The molecule has 6 heteroatoms. The van der Waals surface area contributed by atoms with Crippen LogP contribution >= 0.6 is 0 Å². The molecule has 0 fully saturated rings. The Bertz CT molecular complexity index is 622. The molecule has 1 heterocycles. The molecule has 0 saturated heterocycles. The minimum Gasteiger partial charge on any atom is -0.494 e. The van der Waals surface area contributed by atoms with Gasteiger partial charge in [0, 0.05) is 11.3 Å². The minimum absolute atomic E-state index is 0.166. The lowest BCUT2D eigenvalue weighted by Gasteiger charge is -2.05. The number of aliphatic carboxylic acids is 1. The van der Waals surface area contributed by atoms with Gasteiger partial charge in [0.1, 0.15) is 6.54 Å². The highest BCUT2D eigenvalue weighted by Gasteiger charge is 2.12. The van der Waals surface area contributed by atoms with Gasteiger partial charge in [-0.1, -0.05) is 6.07 Å². The first-order valence-corrected chi connectivity index (χ1v) is 5.61. The largest absolute Gasteiger partial charge is 0.494 e. The van der Waals surface area contributed by atoms with E-state index in [-0.39, 0.29) is 12.3 Å². The topological polar surface area (TPSA) is 64.4 Å². The monoisotopic (exact) mass is 264 g/mol. The molecule has 1 aromatic carbocycles. The van der Waals surface area contributed by atoms with Crippen LogP contribution in [0.25, 0.3) is 11.1 Å². The average Bonchev–Trinajstić information content (AvgIpc) is 2.70. The molecule has 1 N–H and O–H groups in total. The summed E-state index contributed by atoms with van der Waals surface area (Å²) in [7, 11) is 1.40. The highest BCUT2D eigenvalue weighted by Crippen LogP contribution is 2.27. The number of hydrogen-bond acceptors (Lipinski definition) is 3. The van der Waals surface area contributed by atoms with Crippen molar-refractivity contribution in [2.24, 2.45) is 0 Å². The van der Waals surface area contributed by atoms with Crippen LogP contribution in [0.1, 0.15) is 5.69 Å². The number of hydrogen-bond donors (Lipinski definition) is 1. The Hall–Kier alpha value is -2.37. The van der Waals surface area contributed by atoms with Gasteiger partial charge in [0.25, 0.3) is 0 Å². The Labute approximate surface area is 109 Å². The molecular weight excluding hydrogens is 251 g/mol. The first kappa shape index (κ1) is 13.1. The average molecular weight is 264 g/mol. The van der Waals surface area contributed by atoms with Gasteiger partial charge >= 0.3 is 5.97 Å². The van der Waals surface area contributed by atoms with E-state index < -0.39 is 11.8 Å². The fourth-order valence-corrected chi connectivity index (χ4v) is 1.85. The summed E-state index contributed by atoms with van der Waals surface area (Å²) in [6.45, 7) is 1.53. The van der Waals surface area contributed by atoms with E-state index in [4.69, 9.17) is 9.84 Å². The summed E-state index contributed by atoms with van der Waals surface area (Å²) < 4.78 is 19.8. The second-order valence-electron chi connectivity index (χ2n) is 4.04. The Morgan fingerprint density at radius 2 is 2.26 bits per heavy atom. The van der Waals surface area contributed by atoms with Crippen molar-refractivity contribution < 1.29 is 19.0 Å². The zero-order valence-electron chi connectivity index (χ0n) is 10.6. The van der Waals surface area contributed by atoms with Crippen molar-refractivity contribution in [3.8, 4) is 16.9 Å². The van der Waals surface area contributed by atoms with Gasteiger partial charge in [-0.3, -0.25) is 9.48 Å². The van der Waals surface area contributed by atoms with E-state index in [1.165, 1.54) is 30.1 Å². The molecule has 2 rings (SSSR count). The quantitative estimate of drug-likeness (QED) is 0.918. The summed E-state index contributed by atoms with van der Waals surface area (Å²) >= 11 is 0. The van der Waals surface area contributed by atoms with Gasteiger partial charge < -0.3 is 9.84 Å². The predicted octanol–water partition coefficient (Wildman–Crippen LogP) is 2.09. The van der Waals surface area contributed by atoms with E-state index in [9.17, 15) is 9.18 Å². The van der Waals surface area contributed by atoms with Crippen molar-refractivity contribution in [1.82, 2.24) is 9.78 Å². The van der Waals surface area contributed by atoms with Crippen LogP contribution in [0.4, 0.5) is 4.39 Å². The van der Waals surface area contributed by atoms with Crippen LogP contribution in [-0.4, -0.2) is 28.0 Å². The zero-order valence-corrected chi connectivity index (χ0v) is 10.6. The van der Waals surface area contributed by atoms with Crippen molar-refractivity contribution in [2.75, 3.05) is 7.11 Å². The summed E-state index contributed by atoms with van der Waals surface area (Å²) in [6.07, 6.45) is 1.53. The molecule has 0 bridgehead atoms. The molecule has 19 heavy (non-hydrogen) atoms. The molecule has 2 aromatic rings. The number of carbonyl (C=O) groups is 1. The molecule has 0 atom stereocenters. The number of rotatable bonds is 4. The Morgan fingerprint density at radius 1 is 1.53 bits per heavy atom. The van der Waals surface area contributed by atoms with Crippen molar-refractivity contribution in [3.05, 3.63) is 35.9 Å². The fourth-order valence-electron chi connectivity index (χ4n) is 1.85. The van der Waals surface area contributed by atoms with Crippen LogP contribution < -0.4 is 4.74 Å². The van der Waals surface area contributed by atoms with Gasteiger partial charge in [-0.25, -0.2) is 4.39 Å². The maximum atomic E-state index is 13.6. The molecule has 0 spiro atoms. The lowest BCUT2D eigenvalue weighted by molar-refractivity contribution is -0.137. The van der Waals surface area contributed by atoms with Gasteiger partial charge in [0.2, 0.25) is 0 Å². The van der Waals surface area contributed by atoms with Gasteiger partial charge in [0.15, 0.2) is 11.6 Å². The molecule has 0 amide bonds. The number of nitrogens with zero attached hydrogens (tertiary/aromatic N) is 2. The smallest absolute Gasteiger partial charge is 0.325 e. The predicted molar refractivity (Wildman–Crippen MR) is 66.5 cm³/mol. The van der Waals surface area contributed by atoms with Crippen LogP contribution in [-0.2, 0) is 11.3 Å². The molecule has 0 saturated carbocycles. The first-order valence-electron chi connectivity index (χ1n) is 5.61. The van der Waals surface area contributed by atoms with Gasteiger partial charge in [-0.2, -0.15) is 5.10 Å². The van der Waals surface area contributed by atoms with Gasteiger partial charge in [-0.05, 0) is 24.6 Å². The third-order valence-corrected chi connectivity index (χ3v) is 2.85. The van der Waals surface area contributed by atoms with Gasteiger partial charge in [-0.15, -0.1) is 0 Å². The summed E-state index contributed by atoms with van der Waals surface area (Å²) in [6, 6.07) is 4.57. The SMILES string of the molecule is COc1ccc(-c2cnn(CC(=O)O)c2C)cc1F. The lowest BCUT2D eigenvalue weighted by Crippen LogP contribution is -2.11.